The Morgan fingerprint density at radius 3 is 2.49 bits per heavy atom. The van der Waals surface area contributed by atoms with Crippen LogP contribution in [0.1, 0.15) is 38.2 Å². The van der Waals surface area contributed by atoms with Crippen LogP contribution in [0.2, 0.25) is 18.6 Å². The molecule has 35 heavy (non-hydrogen) atoms. The molecule has 2 aromatic carbocycles. The minimum absolute atomic E-state index is 0.0412. The van der Waals surface area contributed by atoms with Gasteiger partial charge in [-0.3, -0.25) is 4.79 Å². The number of carbonyl (C=O) groups excluding carboxylic acids is 1. The Morgan fingerprint density at radius 1 is 1.11 bits per heavy atom. The highest BCUT2D eigenvalue weighted by Crippen LogP contribution is 2.46. The van der Waals surface area contributed by atoms with Crippen molar-refractivity contribution in [2.75, 3.05) is 20.3 Å². The monoisotopic (exact) mass is 495 g/mol. The number of aliphatic hydroxyl groups excluding tert-OH is 1. The quantitative estimate of drug-likeness (QED) is 0.524. The molecule has 0 saturated carbocycles. The number of aryl methyl sites for hydroxylation is 1. The molecule has 2 aliphatic heterocycles. The summed E-state index contributed by atoms with van der Waals surface area (Å²) in [4.78, 5) is 15.3. The first-order valence-corrected chi connectivity index (χ1v) is 16.2. The summed E-state index contributed by atoms with van der Waals surface area (Å²) in [7, 11) is -0.295. The van der Waals surface area contributed by atoms with Crippen LogP contribution in [-0.4, -0.2) is 62.5 Å². The van der Waals surface area contributed by atoms with E-state index in [-0.39, 0.29) is 30.8 Å². The third-order valence-electron chi connectivity index (χ3n) is 8.41. The lowest BCUT2D eigenvalue weighted by atomic mass is 9.95. The molecular weight excluding hydrogens is 454 g/mol. The van der Waals surface area contributed by atoms with Gasteiger partial charge in [0.2, 0.25) is 5.91 Å². The summed E-state index contributed by atoms with van der Waals surface area (Å²) in [6, 6.07) is 19.1. The van der Waals surface area contributed by atoms with Gasteiger partial charge in [0, 0.05) is 6.54 Å². The zero-order valence-electron chi connectivity index (χ0n) is 21.7. The second-order valence-electron chi connectivity index (χ2n) is 10.8. The smallest absolute Gasteiger partial charge is 0.225 e. The van der Waals surface area contributed by atoms with Gasteiger partial charge < -0.3 is 19.5 Å². The maximum atomic E-state index is 13.4. The highest BCUT2D eigenvalue weighted by Gasteiger charge is 2.51. The zero-order chi connectivity index (χ0) is 25.0. The van der Waals surface area contributed by atoms with Crippen molar-refractivity contribution in [1.29, 1.82) is 0 Å². The lowest BCUT2D eigenvalue weighted by Gasteiger charge is -2.36. The van der Waals surface area contributed by atoms with Crippen LogP contribution in [0.5, 0.6) is 5.75 Å². The first-order chi connectivity index (χ1) is 16.8. The molecule has 0 bridgehead atoms. The van der Waals surface area contributed by atoms with Crippen molar-refractivity contribution in [2.45, 2.75) is 75.9 Å². The molecular formula is C29H41NO4Si. The van der Waals surface area contributed by atoms with Crippen LogP contribution in [-0.2, 0) is 16.0 Å². The van der Waals surface area contributed by atoms with Crippen LogP contribution in [0.25, 0.3) is 0 Å². The van der Waals surface area contributed by atoms with E-state index in [1.165, 1.54) is 10.8 Å². The molecule has 190 valence electrons. The molecule has 0 unspecified atom stereocenters. The first-order valence-electron chi connectivity index (χ1n) is 13.1. The van der Waals surface area contributed by atoms with Gasteiger partial charge >= 0.3 is 0 Å². The second kappa shape index (κ2) is 11.3. The summed E-state index contributed by atoms with van der Waals surface area (Å²) in [5.41, 5.74) is 1.66. The number of rotatable bonds is 9. The van der Waals surface area contributed by atoms with Gasteiger partial charge in [-0.1, -0.05) is 67.7 Å². The van der Waals surface area contributed by atoms with E-state index in [9.17, 15) is 9.90 Å². The van der Waals surface area contributed by atoms with Gasteiger partial charge in [0.1, 0.15) is 5.75 Å². The first kappa shape index (κ1) is 25.9. The molecule has 2 fully saturated rings. The van der Waals surface area contributed by atoms with Crippen molar-refractivity contribution < 1.29 is 19.4 Å². The molecule has 0 aliphatic carbocycles. The van der Waals surface area contributed by atoms with Crippen molar-refractivity contribution in [3.63, 3.8) is 0 Å². The molecule has 1 amide bonds. The van der Waals surface area contributed by atoms with Crippen molar-refractivity contribution in [3.05, 3.63) is 60.2 Å². The number of ether oxygens (including phenoxy) is 2. The molecule has 5 atom stereocenters. The number of hydrogen-bond acceptors (Lipinski definition) is 4. The Kier molecular flexibility index (Phi) is 8.35. The third-order valence-corrected chi connectivity index (χ3v) is 12.8. The van der Waals surface area contributed by atoms with E-state index in [2.05, 4.69) is 62.5 Å². The van der Waals surface area contributed by atoms with Crippen LogP contribution >= 0.6 is 0 Å². The standard InChI is InChI=1S/C29H41NO4Si/c1-21-26(17-12-22-9-6-5-7-10-22)34-27(19-28(32)30-18-8-11-23(30)20-31)29(21)35(3,4)25-15-13-24(33-2)14-16-25/h5-7,9-10,13-16,21,23,26-27,29,31H,8,11-12,17-20H2,1-4H3/t21-,23-,26+,27-,29+/m0/s1. The number of methoxy groups -OCH3 is 1. The summed E-state index contributed by atoms with van der Waals surface area (Å²) in [6.07, 6.45) is 4.24. The maximum Gasteiger partial charge on any atom is 0.225 e. The number of hydrogen-bond donors (Lipinski definition) is 1. The lowest BCUT2D eigenvalue weighted by Crippen LogP contribution is -2.51. The van der Waals surface area contributed by atoms with Crippen LogP contribution in [0.4, 0.5) is 0 Å². The van der Waals surface area contributed by atoms with Gasteiger partial charge in [-0.2, -0.15) is 0 Å². The number of likely N-dealkylation sites (tertiary alicyclic amines) is 1. The van der Waals surface area contributed by atoms with E-state index < -0.39 is 8.07 Å². The molecule has 2 saturated heterocycles. The third kappa shape index (κ3) is 5.65. The molecule has 0 radical (unpaired) electrons. The average Bonchev–Trinajstić information content (AvgIpc) is 3.47. The Balaban J connectivity index is 1.56. The number of carbonyl (C=O) groups is 1. The summed E-state index contributed by atoms with van der Waals surface area (Å²) < 4.78 is 12.2. The van der Waals surface area contributed by atoms with E-state index in [0.29, 0.717) is 17.9 Å². The van der Waals surface area contributed by atoms with Crippen molar-refractivity contribution in [2.24, 2.45) is 5.92 Å². The Bertz CT molecular complexity index is 964. The van der Waals surface area contributed by atoms with Gasteiger partial charge in [-0.25, -0.2) is 0 Å². The fourth-order valence-electron chi connectivity index (χ4n) is 6.44. The van der Waals surface area contributed by atoms with Crippen LogP contribution < -0.4 is 9.92 Å². The lowest BCUT2D eigenvalue weighted by molar-refractivity contribution is -0.135. The molecule has 1 N–H and O–H groups in total. The van der Waals surface area contributed by atoms with Gasteiger partial charge in [-0.15, -0.1) is 0 Å². The molecule has 5 nitrogen and oxygen atoms in total. The van der Waals surface area contributed by atoms with Gasteiger partial charge in [0.25, 0.3) is 0 Å². The Hall–Kier alpha value is -2.15. The maximum absolute atomic E-state index is 13.4. The number of nitrogens with zero attached hydrogens (tertiary/aromatic N) is 1. The summed E-state index contributed by atoms with van der Waals surface area (Å²) >= 11 is 0. The van der Waals surface area contributed by atoms with E-state index in [1.807, 2.05) is 17.0 Å². The van der Waals surface area contributed by atoms with Gasteiger partial charge in [-0.05, 0) is 54.8 Å². The summed E-state index contributed by atoms with van der Waals surface area (Å²) in [5, 5.41) is 11.1. The Morgan fingerprint density at radius 2 is 1.83 bits per heavy atom. The zero-order valence-corrected chi connectivity index (χ0v) is 22.7. The van der Waals surface area contributed by atoms with Crippen LogP contribution in [0.3, 0.4) is 0 Å². The summed E-state index contributed by atoms with van der Waals surface area (Å²) in [6.45, 7) is 7.96. The van der Waals surface area contributed by atoms with Gasteiger partial charge in [0.05, 0.1) is 46.5 Å². The van der Waals surface area contributed by atoms with Crippen molar-refractivity contribution in [3.8, 4) is 5.75 Å². The molecule has 2 heterocycles. The summed E-state index contributed by atoms with van der Waals surface area (Å²) in [5.74, 6) is 1.37. The molecule has 4 rings (SSSR count). The molecule has 2 aliphatic rings. The predicted molar refractivity (Wildman–Crippen MR) is 143 cm³/mol. The fourth-order valence-corrected chi connectivity index (χ4v) is 10.5. The fraction of sp³-hybridized carbons (Fsp3) is 0.552. The van der Waals surface area contributed by atoms with Crippen molar-refractivity contribution in [1.82, 2.24) is 4.90 Å². The predicted octanol–water partition coefficient (Wildman–Crippen LogP) is 4.39. The minimum atomic E-state index is -1.99. The largest absolute Gasteiger partial charge is 0.497 e. The van der Waals surface area contributed by atoms with E-state index in [0.717, 1.165) is 38.0 Å². The Labute approximate surface area is 211 Å². The number of aliphatic hydroxyl groups is 1. The van der Waals surface area contributed by atoms with Gasteiger partial charge in [0.15, 0.2) is 0 Å². The normalized spacial score (nSPS) is 26.8. The number of benzene rings is 2. The number of amides is 1. The van der Waals surface area contributed by atoms with E-state index >= 15 is 0 Å². The topological polar surface area (TPSA) is 59.0 Å². The highest BCUT2D eigenvalue weighted by molar-refractivity contribution is 6.91. The van der Waals surface area contributed by atoms with Crippen LogP contribution in [0, 0.1) is 5.92 Å². The minimum Gasteiger partial charge on any atom is -0.497 e. The molecule has 0 spiro atoms. The molecule has 6 heteroatoms. The second-order valence-corrected chi connectivity index (χ2v) is 15.5. The SMILES string of the molecule is COc1ccc([Si](C)(C)[C@@H]2[C@@H](C)[C@@H](CCc3ccccc3)O[C@H]2CC(=O)N2CCC[C@H]2CO)cc1. The molecule has 0 aromatic heterocycles. The van der Waals surface area contributed by atoms with Crippen LogP contribution in [0.15, 0.2) is 54.6 Å². The average molecular weight is 496 g/mol. The van der Waals surface area contributed by atoms with E-state index in [1.54, 1.807) is 7.11 Å². The highest BCUT2D eigenvalue weighted by atomic mass is 28.3. The molecule has 2 aromatic rings. The van der Waals surface area contributed by atoms with Crippen molar-refractivity contribution >= 4 is 19.2 Å². The van der Waals surface area contributed by atoms with E-state index in [4.69, 9.17) is 9.47 Å².